The van der Waals surface area contributed by atoms with E-state index >= 15 is 0 Å². The summed E-state index contributed by atoms with van der Waals surface area (Å²) >= 11 is 3.48. The van der Waals surface area contributed by atoms with E-state index < -0.39 is 0 Å². The number of phenolic OH excluding ortho intramolecular Hbond substituents is 1. The molecule has 2 aromatic carbocycles. The molecule has 0 radical (unpaired) electrons. The van der Waals surface area contributed by atoms with Crippen molar-refractivity contribution in [1.82, 2.24) is 0 Å². The van der Waals surface area contributed by atoms with E-state index in [0.29, 0.717) is 0 Å². The van der Waals surface area contributed by atoms with E-state index in [1.807, 2.05) is 24.3 Å². The zero-order valence-electron chi connectivity index (χ0n) is 11.8. The summed E-state index contributed by atoms with van der Waals surface area (Å²) < 4.78 is 1.08. The topological polar surface area (TPSA) is 44.3 Å². The number of halogens is 1. The second kappa shape index (κ2) is 5.82. The van der Waals surface area contributed by atoms with Crippen LogP contribution in [-0.2, 0) is 0 Å². The fourth-order valence-electron chi connectivity index (χ4n) is 2.32. The highest BCUT2D eigenvalue weighted by atomic mass is 79.9. The summed E-state index contributed by atoms with van der Waals surface area (Å²) in [7, 11) is 0. The molecule has 2 aromatic rings. The number of anilines is 2. The summed E-state index contributed by atoms with van der Waals surface area (Å²) in [5, 5.41) is 16.6. The smallest absolute Gasteiger partial charge is 0.139 e. The van der Waals surface area contributed by atoms with Crippen molar-refractivity contribution >= 4 is 27.3 Å². The summed E-state index contributed by atoms with van der Waals surface area (Å²) in [6.45, 7) is 2.09. The van der Waals surface area contributed by atoms with Crippen LogP contribution in [0.15, 0.2) is 58.3 Å². The molecule has 1 aliphatic carbocycles. The van der Waals surface area contributed by atoms with Gasteiger partial charge in [0.2, 0.25) is 0 Å². The maximum atomic E-state index is 9.82. The molecule has 0 spiro atoms. The van der Waals surface area contributed by atoms with E-state index in [4.69, 9.17) is 0 Å². The number of hydrogen-bond donors (Lipinski definition) is 3. The molecule has 0 saturated carbocycles. The van der Waals surface area contributed by atoms with Gasteiger partial charge in [0.05, 0.1) is 5.69 Å². The van der Waals surface area contributed by atoms with Crippen molar-refractivity contribution in [3.63, 3.8) is 0 Å². The van der Waals surface area contributed by atoms with Gasteiger partial charge in [-0.15, -0.1) is 0 Å². The van der Waals surface area contributed by atoms with Gasteiger partial charge in [-0.1, -0.05) is 28.1 Å². The molecule has 0 unspecified atom stereocenters. The van der Waals surface area contributed by atoms with Crippen molar-refractivity contribution in [1.29, 1.82) is 0 Å². The van der Waals surface area contributed by atoms with Gasteiger partial charge in [-0.25, -0.2) is 0 Å². The molecule has 21 heavy (non-hydrogen) atoms. The molecule has 0 fully saturated rings. The van der Waals surface area contributed by atoms with Crippen LogP contribution in [-0.4, -0.2) is 5.11 Å². The summed E-state index contributed by atoms with van der Waals surface area (Å²) in [6.07, 6.45) is 2.01. The van der Waals surface area contributed by atoms with Gasteiger partial charge in [-0.3, -0.25) is 0 Å². The van der Waals surface area contributed by atoms with Crippen LogP contribution in [0.3, 0.4) is 0 Å². The minimum Gasteiger partial charge on any atom is -0.506 e. The Balaban J connectivity index is 1.78. The zero-order valence-corrected chi connectivity index (χ0v) is 13.4. The van der Waals surface area contributed by atoms with E-state index in [-0.39, 0.29) is 5.75 Å². The molecule has 0 heterocycles. The van der Waals surface area contributed by atoms with Crippen LogP contribution in [0.2, 0.25) is 0 Å². The lowest BCUT2D eigenvalue weighted by Gasteiger charge is -2.27. The third-order valence-electron chi connectivity index (χ3n) is 3.65. The zero-order chi connectivity index (χ0) is 14.8. The Hall–Kier alpha value is -1.94. The molecule has 108 valence electrons. The highest BCUT2D eigenvalue weighted by Gasteiger charge is 2.18. The molecular formula is C17H17BrN2O. The lowest BCUT2D eigenvalue weighted by atomic mass is 9.99. The van der Waals surface area contributed by atoms with Crippen LogP contribution >= 0.6 is 15.9 Å². The number of benzene rings is 2. The number of allylic oxidation sites excluding steroid dienone is 2. The molecule has 0 bridgehead atoms. The number of rotatable bonds is 4. The third-order valence-corrected chi connectivity index (χ3v) is 4.15. The second-order valence-electron chi connectivity index (χ2n) is 5.18. The van der Waals surface area contributed by atoms with E-state index in [1.54, 1.807) is 6.07 Å². The third kappa shape index (κ3) is 3.05. The van der Waals surface area contributed by atoms with Crippen LogP contribution < -0.4 is 10.6 Å². The van der Waals surface area contributed by atoms with Crippen LogP contribution in [0, 0.1) is 6.92 Å². The normalized spacial score (nSPS) is 13.8. The predicted octanol–water partition coefficient (Wildman–Crippen LogP) is 4.99. The van der Waals surface area contributed by atoms with Crippen molar-refractivity contribution in [3.05, 3.63) is 63.9 Å². The summed E-state index contributed by atoms with van der Waals surface area (Å²) in [6, 6.07) is 13.5. The van der Waals surface area contributed by atoms with Gasteiger partial charge in [0, 0.05) is 21.6 Å². The van der Waals surface area contributed by atoms with Gasteiger partial charge < -0.3 is 15.7 Å². The number of hydrogen-bond acceptors (Lipinski definition) is 3. The Bertz CT molecular complexity index is 710. The molecule has 3 rings (SSSR count). The van der Waals surface area contributed by atoms with Gasteiger partial charge in [0.25, 0.3) is 0 Å². The Morgan fingerprint density at radius 3 is 2.24 bits per heavy atom. The van der Waals surface area contributed by atoms with Gasteiger partial charge in [-0.2, -0.15) is 0 Å². The maximum absolute atomic E-state index is 9.82. The molecule has 0 aromatic heterocycles. The van der Waals surface area contributed by atoms with E-state index in [2.05, 4.69) is 45.6 Å². The van der Waals surface area contributed by atoms with E-state index in [0.717, 1.165) is 34.4 Å². The molecule has 4 heteroatoms. The lowest BCUT2D eigenvalue weighted by molar-refractivity contribution is 0.477. The number of aromatic hydroxyl groups is 1. The summed E-state index contributed by atoms with van der Waals surface area (Å²) in [5.41, 5.74) is 5.39. The number of phenols is 1. The maximum Gasteiger partial charge on any atom is 0.139 e. The molecule has 1 aliphatic rings. The quantitative estimate of drug-likeness (QED) is 0.684. The minimum atomic E-state index is 0.274. The Morgan fingerprint density at radius 1 is 0.952 bits per heavy atom. The molecule has 0 atom stereocenters. The van der Waals surface area contributed by atoms with Crippen LogP contribution in [0.5, 0.6) is 5.75 Å². The average molecular weight is 345 g/mol. The molecule has 3 nitrogen and oxygen atoms in total. The van der Waals surface area contributed by atoms with Gasteiger partial charge in [-0.05, 0) is 55.7 Å². The second-order valence-corrected chi connectivity index (χ2v) is 6.10. The van der Waals surface area contributed by atoms with Crippen molar-refractivity contribution in [2.75, 3.05) is 10.6 Å². The van der Waals surface area contributed by atoms with Gasteiger partial charge in [0.1, 0.15) is 5.75 Å². The average Bonchev–Trinajstić information content (AvgIpc) is 2.44. The monoisotopic (exact) mass is 344 g/mol. The van der Waals surface area contributed by atoms with Crippen LogP contribution in [0.4, 0.5) is 11.4 Å². The number of aryl methyl sites for hydroxylation is 1. The standard InChI is InChI=1S/C17H17BrN2O/c1-11-10-12(18)6-7-13(11)19-14-8-9-15(14)20-16-4-2-3-5-17(16)21/h2-7,10,19-21H,8-9H2,1H3. The van der Waals surface area contributed by atoms with Crippen molar-refractivity contribution in [2.45, 2.75) is 19.8 Å². The largest absolute Gasteiger partial charge is 0.506 e. The molecular weight excluding hydrogens is 328 g/mol. The molecule has 0 aliphatic heterocycles. The van der Waals surface area contributed by atoms with Gasteiger partial charge in [0.15, 0.2) is 0 Å². The molecule has 0 amide bonds. The Morgan fingerprint density at radius 2 is 1.62 bits per heavy atom. The first-order valence-corrected chi connectivity index (χ1v) is 7.73. The van der Waals surface area contributed by atoms with Crippen molar-refractivity contribution in [2.24, 2.45) is 0 Å². The first kappa shape index (κ1) is 14.0. The molecule has 3 N–H and O–H groups in total. The minimum absolute atomic E-state index is 0.274. The Kier molecular flexibility index (Phi) is 3.88. The highest BCUT2D eigenvalue weighted by molar-refractivity contribution is 9.10. The Labute approximate surface area is 132 Å². The van der Waals surface area contributed by atoms with Crippen LogP contribution in [0.25, 0.3) is 0 Å². The summed E-state index contributed by atoms with van der Waals surface area (Å²) in [5.74, 6) is 0.274. The summed E-state index contributed by atoms with van der Waals surface area (Å²) in [4.78, 5) is 0. The fraction of sp³-hybridized carbons (Fsp3) is 0.176. The SMILES string of the molecule is Cc1cc(Br)ccc1NC1=C(Nc2ccccc2O)CC1. The first-order chi connectivity index (χ1) is 10.1. The van der Waals surface area contributed by atoms with Crippen molar-refractivity contribution in [3.8, 4) is 5.75 Å². The predicted molar refractivity (Wildman–Crippen MR) is 90.5 cm³/mol. The highest BCUT2D eigenvalue weighted by Crippen LogP contribution is 2.33. The fourth-order valence-corrected chi connectivity index (χ4v) is 2.80. The van der Waals surface area contributed by atoms with Crippen molar-refractivity contribution < 1.29 is 5.11 Å². The first-order valence-electron chi connectivity index (χ1n) is 6.94. The van der Waals surface area contributed by atoms with E-state index in [9.17, 15) is 5.11 Å². The number of para-hydroxylation sites is 2. The van der Waals surface area contributed by atoms with Crippen LogP contribution in [0.1, 0.15) is 18.4 Å². The lowest BCUT2D eigenvalue weighted by Crippen LogP contribution is -2.18. The van der Waals surface area contributed by atoms with Gasteiger partial charge >= 0.3 is 0 Å². The number of nitrogens with one attached hydrogen (secondary N) is 2. The molecule has 0 saturated heterocycles. The van der Waals surface area contributed by atoms with E-state index in [1.165, 1.54) is 11.3 Å².